The van der Waals surface area contributed by atoms with Crippen LogP contribution in [-0.4, -0.2) is 21.3 Å². The summed E-state index contributed by atoms with van der Waals surface area (Å²) in [5, 5.41) is 8.00. The number of pyridine rings is 1. The van der Waals surface area contributed by atoms with Crippen molar-refractivity contribution >= 4 is 16.9 Å². The SMILES string of the molecule is Cn1nc(NCC2CCCCC2)c2ncccc21. The first kappa shape index (κ1) is 11.5. The van der Waals surface area contributed by atoms with E-state index in [2.05, 4.69) is 21.5 Å². The largest absolute Gasteiger partial charge is 0.367 e. The van der Waals surface area contributed by atoms with Crippen molar-refractivity contribution in [3.63, 3.8) is 0 Å². The second-order valence-corrected chi connectivity index (χ2v) is 5.23. The van der Waals surface area contributed by atoms with E-state index in [-0.39, 0.29) is 0 Å². The fourth-order valence-electron chi connectivity index (χ4n) is 2.84. The first-order chi connectivity index (χ1) is 8.84. The Hall–Kier alpha value is -1.58. The highest BCUT2D eigenvalue weighted by Crippen LogP contribution is 2.25. The lowest BCUT2D eigenvalue weighted by atomic mass is 9.89. The molecule has 0 radical (unpaired) electrons. The molecule has 1 saturated carbocycles. The summed E-state index contributed by atoms with van der Waals surface area (Å²) in [4.78, 5) is 4.42. The topological polar surface area (TPSA) is 42.7 Å². The molecule has 0 amide bonds. The van der Waals surface area contributed by atoms with Crippen molar-refractivity contribution in [3.8, 4) is 0 Å². The third-order valence-corrected chi connectivity index (χ3v) is 3.89. The summed E-state index contributed by atoms with van der Waals surface area (Å²) < 4.78 is 1.89. The van der Waals surface area contributed by atoms with Crippen molar-refractivity contribution in [2.45, 2.75) is 32.1 Å². The lowest BCUT2D eigenvalue weighted by Gasteiger charge is -2.21. The predicted octanol–water partition coefficient (Wildman–Crippen LogP) is 2.96. The van der Waals surface area contributed by atoms with E-state index >= 15 is 0 Å². The zero-order valence-corrected chi connectivity index (χ0v) is 10.9. The summed E-state index contributed by atoms with van der Waals surface area (Å²) >= 11 is 0. The van der Waals surface area contributed by atoms with E-state index in [0.29, 0.717) is 0 Å². The van der Waals surface area contributed by atoms with E-state index in [1.54, 1.807) is 0 Å². The van der Waals surface area contributed by atoms with E-state index in [1.807, 2.05) is 24.0 Å². The van der Waals surface area contributed by atoms with Crippen molar-refractivity contribution in [2.24, 2.45) is 13.0 Å². The summed E-state index contributed by atoms with van der Waals surface area (Å²) in [5.74, 6) is 1.73. The molecule has 18 heavy (non-hydrogen) atoms. The van der Waals surface area contributed by atoms with Gasteiger partial charge in [-0.3, -0.25) is 9.67 Å². The maximum absolute atomic E-state index is 4.52. The molecule has 0 unspecified atom stereocenters. The lowest BCUT2D eigenvalue weighted by Crippen LogP contribution is -2.17. The number of aryl methyl sites for hydroxylation is 1. The molecule has 0 aliphatic heterocycles. The number of fused-ring (bicyclic) bond motifs is 1. The number of rotatable bonds is 3. The molecule has 4 heteroatoms. The van der Waals surface area contributed by atoms with Gasteiger partial charge in [0.25, 0.3) is 0 Å². The number of anilines is 1. The molecule has 1 aliphatic rings. The van der Waals surface area contributed by atoms with Gasteiger partial charge in [0.05, 0.1) is 5.52 Å². The number of hydrogen-bond donors (Lipinski definition) is 1. The Morgan fingerprint density at radius 1 is 1.33 bits per heavy atom. The highest BCUT2D eigenvalue weighted by atomic mass is 15.3. The summed E-state index contributed by atoms with van der Waals surface area (Å²) in [5.41, 5.74) is 2.07. The molecule has 0 aromatic carbocycles. The zero-order valence-electron chi connectivity index (χ0n) is 10.9. The van der Waals surface area contributed by atoms with Gasteiger partial charge in [0, 0.05) is 19.8 Å². The Balaban J connectivity index is 1.74. The lowest BCUT2D eigenvalue weighted by molar-refractivity contribution is 0.373. The van der Waals surface area contributed by atoms with Gasteiger partial charge >= 0.3 is 0 Å². The van der Waals surface area contributed by atoms with Crippen LogP contribution in [0.3, 0.4) is 0 Å². The average Bonchev–Trinajstić information content (AvgIpc) is 2.75. The molecule has 2 aromatic heterocycles. The molecule has 1 fully saturated rings. The molecule has 0 saturated heterocycles. The van der Waals surface area contributed by atoms with Crippen molar-refractivity contribution in [1.82, 2.24) is 14.8 Å². The monoisotopic (exact) mass is 244 g/mol. The number of hydrogen-bond acceptors (Lipinski definition) is 3. The van der Waals surface area contributed by atoms with Gasteiger partial charge < -0.3 is 5.32 Å². The molecule has 0 bridgehead atoms. The minimum atomic E-state index is 0.805. The van der Waals surface area contributed by atoms with E-state index in [1.165, 1.54) is 32.1 Å². The molecule has 0 atom stereocenters. The quantitative estimate of drug-likeness (QED) is 0.902. The smallest absolute Gasteiger partial charge is 0.174 e. The molecule has 0 spiro atoms. The summed E-state index contributed by atoms with van der Waals surface area (Å²) in [6, 6.07) is 4.01. The molecule has 2 aromatic rings. The second-order valence-electron chi connectivity index (χ2n) is 5.23. The molecule has 96 valence electrons. The Morgan fingerprint density at radius 3 is 3.00 bits per heavy atom. The van der Waals surface area contributed by atoms with Crippen LogP contribution in [0.15, 0.2) is 18.3 Å². The Morgan fingerprint density at radius 2 is 2.17 bits per heavy atom. The highest BCUT2D eigenvalue weighted by molar-refractivity contribution is 5.85. The first-order valence-electron chi connectivity index (χ1n) is 6.86. The third-order valence-electron chi connectivity index (χ3n) is 3.89. The minimum absolute atomic E-state index is 0.805. The summed E-state index contributed by atoms with van der Waals surface area (Å²) in [7, 11) is 1.97. The van der Waals surface area contributed by atoms with E-state index in [0.717, 1.165) is 29.3 Å². The fourth-order valence-corrected chi connectivity index (χ4v) is 2.84. The standard InChI is InChI=1S/C14H20N4/c1-18-12-8-5-9-15-13(12)14(17-18)16-10-11-6-3-2-4-7-11/h5,8-9,11H,2-4,6-7,10H2,1H3,(H,16,17). The minimum Gasteiger partial charge on any atom is -0.367 e. The van der Waals surface area contributed by atoms with E-state index < -0.39 is 0 Å². The van der Waals surface area contributed by atoms with Crippen molar-refractivity contribution < 1.29 is 0 Å². The van der Waals surface area contributed by atoms with Gasteiger partial charge in [0.1, 0.15) is 5.52 Å². The number of nitrogens with one attached hydrogen (secondary N) is 1. The maximum atomic E-state index is 4.52. The Labute approximate surface area is 107 Å². The zero-order chi connectivity index (χ0) is 12.4. The molecule has 4 nitrogen and oxygen atoms in total. The van der Waals surface area contributed by atoms with Crippen LogP contribution in [0.4, 0.5) is 5.82 Å². The molecular formula is C14H20N4. The van der Waals surface area contributed by atoms with Crippen LogP contribution in [0.25, 0.3) is 11.0 Å². The summed E-state index contributed by atoms with van der Waals surface area (Å²) in [6.45, 7) is 1.03. The van der Waals surface area contributed by atoms with Gasteiger partial charge in [-0.25, -0.2) is 0 Å². The van der Waals surface area contributed by atoms with Crippen molar-refractivity contribution in [2.75, 3.05) is 11.9 Å². The van der Waals surface area contributed by atoms with Gasteiger partial charge in [-0.05, 0) is 30.9 Å². The van der Waals surface area contributed by atoms with Crippen LogP contribution in [0, 0.1) is 5.92 Å². The van der Waals surface area contributed by atoms with Crippen LogP contribution in [-0.2, 0) is 7.05 Å². The number of nitrogens with zero attached hydrogens (tertiary/aromatic N) is 3. The van der Waals surface area contributed by atoms with Gasteiger partial charge in [-0.2, -0.15) is 5.10 Å². The predicted molar refractivity (Wildman–Crippen MR) is 73.6 cm³/mol. The van der Waals surface area contributed by atoms with E-state index in [4.69, 9.17) is 0 Å². The van der Waals surface area contributed by atoms with Crippen LogP contribution >= 0.6 is 0 Å². The van der Waals surface area contributed by atoms with Crippen molar-refractivity contribution in [1.29, 1.82) is 0 Å². The Bertz CT molecular complexity index is 526. The molecule has 1 aliphatic carbocycles. The average molecular weight is 244 g/mol. The maximum Gasteiger partial charge on any atom is 0.174 e. The third kappa shape index (κ3) is 2.19. The van der Waals surface area contributed by atoms with Gasteiger partial charge in [0.2, 0.25) is 0 Å². The van der Waals surface area contributed by atoms with Crippen LogP contribution < -0.4 is 5.32 Å². The second kappa shape index (κ2) is 4.96. The molecular weight excluding hydrogens is 224 g/mol. The van der Waals surface area contributed by atoms with Crippen LogP contribution in [0.2, 0.25) is 0 Å². The van der Waals surface area contributed by atoms with Gasteiger partial charge in [-0.15, -0.1) is 0 Å². The first-order valence-corrected chi connectivity index (χ1v) is 6.86. The van der Waals surface area contributed by atoms with Gasteiger partial charge in [0.15, 0.2) is 5.82 Å². The normalized spacial score (nSPS) is 17.2. The Kier molecular flexibility index (Phi) is 3.17. The highest BCUT2D eigenvalue weighted by Gasteiger charge is 2.15. The molecule has 3 rings (SSSR count). The van der Waals surface area contributed by atoms with Crippen LogP contribution in [0.5, 0.6) is 0 Å². The fraction of sp³-hybridized carbons (Fsp3) is 0.571. The van der Waals surface area contributed by atoms with E-state index in [9.17, 15) is 0 Å². The van der Waals surface area contributed by atoms with Crippen LogP contribution in [0.1, 0.15) is 32.1 Å². The number of aromatic nitrogens is 3. The van der Waals surface area contributed by atoms with Gasteiger partial charge in [-0.1, -0.05) is 19.3 Å². The summed E-state index contributed by atoms with van der Waals surface area (Å²) in [6.07, 6.45) is 8.71. The molecule has 1 N–H and O–H groups in total. The van der Waals surface area contributed by atoms with Crippen molar-refractivity contribution in [3.05, 3.63) is 18.3 Å². The molecule has 2 heterocycles.